The number of morpholine rings is 1. The number of hydrogen-bond acceptors (Lipinski definition) is 5. The van der Waals surface area contributed by atoms with Crippen LogP contribution in [0.4, 0.5) is 0 Å². The Kier molecular flexibility index (Phi) is 7.80. The number of carbonyl (C=O) groups is 1. The lowest BCUT2D eigenvalue weighted by Crippen LogP contribution is -2.48. The Labute approximate surface area is 161 Å². The van der Waals surface area contributed by atoms with Crippen LogP contribution in [0.25, 0.3) is 0 Å². The monoisotopic (exact) mass is 393 g/mol. The highest BCUT2D eigenvalue weighted by Gasteiger charge is 2.22. The molecule has 7 nitrogen and oxygen atoms in total. The van der Waals surface area contributed by atoms with Gasteiger partial charge in [0, 0.05) is 31.7 Å². The second kappa shape index (κ2) is 9.85. The lowest BCUT2D eigenvalue weighted by molar-refractivity contribution is -0.0295. The zero-order valence-electron chi connectivity index (χ0n) is 15.8. The van der Waals surface area contributed by atoms with Crippen molar-refractivity contribution in [1.29, 1.82) is 0 Å². The molecular formula is C19H27N3O4S. The van der Waals surface area contributed by atoms with Crippen LogP contribution in [0.2, 0.25) is 0 Å². The summed E-state index contributed by atoms with van der Waals surface area (Å²) >= 11 is 0. The molecule has 2 rings (SSSR count). The Bertz CT molecular complexity index is 786. The van der Waals surface area contributed by atoms with Gasteiger partial charge in [-0.2, -0.15) is 4.72 Å². The molecule has 1 atom stereocenters. The molecule has 0 aromatic heterocycles. The maximum atomic E-state index is 12.4. The standard InChI is InChI=1S/C19H27N3O4S/c1-4-8-21-27(24,25)18-7-5-6-16(11-18)19(23)20-12-17-14-22(9-10-26-17)13-15(2)3/h1,5-7,11,15,17,21H,8-10,12-14H2,2-3H3,(H,20,23). The van der Waals surface area contributed by atoms with Crippen molar-refractivity contribution in [3.8, 4) is 12.3 Å². The number of terminal acetylenes is 1. The number of ether oxygens (including phenoxy) is 1. The molecule has 1 fully saturated rings. The van der Waals surface area contributed by atoms with E-state index in [1.54, 1.807) is 6.07 Å². The van der Waals surface area contributed by atoms with Gasteiger partial charge in [0.05, 0.1) is 24.2 Å². The molecule has 27 heavy (non-hydrogen) atoms. The fraction of sp³-hybridized carbons (Fsp3) is 0.526. The minimum Gasteiger partial charge on any atom is -0.374 e. The molecule has 0 aliphatic carbocycles. The summed E-state index contributed by atoms with van der Waals surface area (Å²) in [6.07, 6.45) is 5.00. The van der Waals surface area contributed by atoms with Gasteiger partial charge in [0.15, 0.2) is 0 Å². The second-order valence-corrected chi connectivity index (χ2v) is 8.68. The third-order valence-corrected chi connectivity index (χ3v) is 5.51. The molecule has 0 saturated carbocycles. The van der Waals surface area contributed by atoms with Crippen LogP contribution < -0.4 is 10.0 Å². The summed E-state index contributed by atoms with van der Waals surface area (Å²) in [5.74, 6) is 2.45. The first kappa shape index (κ1) is 21.4. The summed E-state index contributed by atoms with van der Waals surface area (Å²) in [6.45, 7) is 7.91. The van der Waals surface area contributed by atoms with E-state index in [1.807, 2.05) is 0 Å². The zero-order chi connectivity index (χ0) is 19.9. The van der Waals surface area contributed by atoms with Crippen molar-refractivity contribution in [3.05, 3.63) is 29.8 Å². The molecule has 1 aliphatic rings. The van der Waals surface area contributed by atoms with Crippen molar-refractivity contribution in [2.24, 2.45) is 5.92 Å². The lowest BCUT2D eigenvalue weighted by Gasteiger charge is -2.33. The largest absolute Gasteiger partial charge is 0.374 e. The third-order valence-electron chi connectivity index (χ3n) is 4.11. The Morgan fingerprint density at radius 1 is 1.44 bits per heavy atom. The van der Waals surface area contributed by atoms with Gasteiger partial charge in [-0.25, -0.2) is 8.42 Å². The first-order chi connectivity index (χ1) is 12.8. The van der Waals surface area contributed by atoms with Crippen molar-refractivity contribution in [2.45, 2.75) is 24.8 Å². The van der Waals surface area contributed by atoms with E-state index in [9.17, 15) is 13.2 Å². The van der Waals surface area contributed by atoms with Gasteiger partial charge in [-0.15, -0.1) is 6.42 Å². The molecular weight excluding hydrogens is 366 g/mol. The van der Waals surface area contributed by atoms with E-state index in [1.165, 1.54) is 18.2 Å². The minimum absolute atomic E-state index is 0.00225. The van der Waals surface area contributed by atoms with Gasteiger partial charge in [-0.3, -0.25) is 9.69 Å². The van der Waals surface area contributed by atoms with Gasteiger partial charge >= 0.3 is 0 Å². The Hall–Kier alpha value is -1.92. The minimum atomic E-state index is -3.74. The normalized spacial score (nSPS) is 18.2. The summed E-state index contributed by atoms with van der Waals surface area (Å²) in [7, 11) is -3.74. The van der Waals surface area contributed by atoms with Crippen molar-refractivity contribution in [1.82, 2.24) is 14.9 Å². The third kappa shape index (κ3) is 6.63. The van der Waals surface area contributed by atoms with E-state index in [0.29, 0.717) is 19.1 Å². The highest BCUT2D eigenvalue weighted by atomic mass is 32.2. The van der Waals surface area contributed by atoms with Gasteiger partial charge in [-0.05, 0) is 24.1 Å². The highest BCUT2D eigenvalue weighted by Crippen LogP contribution is 2.12. The second-order valence-electron chi connectivity index (χ2n) is 6.91. The Morgan fingerprint density at radius 2 is 2.22 bits per heavy atom. The first-order valence-corrected chi connectivity index (χ1v) is 10.5. The van der Waals surface area contributed by atoms with E-state index in [-0.39, 0.29) is 29.0 Å². The molecule has 1 unspecified atom stereocenters. The van der Waals surface area contributed by atoms with Crippen LogP contribution in [0.5, 0.6) is 0 Å². The number of benzene rings is 1. The van der Waals surface area contributed by atoms with Crippen LogP contribution in [0.3, 0.4) is 0 Å². The van der Waals surface area contributed by atoms with E-state index in [0.717, 1.165) is 19.6 Å². The van der Waals surface area contributed by atoms with Gasteiger partial charge in [-0.1, -0.05) is 25.8 Å². The molecule has 148 valence electrons. The highest BCUT2D eigenvalue weighted by molar-refractivity contribution is 7.89. The Morgan fingerprint density at radius 3 is 2.93 bits per heavy atom. The fourth-order valence-electron chi connectivity index (χ4n) is 2.92. The molecule has 1 aromatic rings. The molecule has 1 aliphatic heterocycles. The first-order valence-electron chi connectivity index (χ1n) is 8.97. The van der Waals surface area contributed by atoms with E-state index in [2.05, 4.69) is 34.7 Å². The van der Waals surface area contributed by atoms with Gasteiger partial charge in [0.2, 0.25) is 10.0 Å². The predicted molar refractivity (Wildman–Crippen MR) is 104 cm³/mol. The van der Waals surface area contributed by atoms with Crippen LogP contribution in [0.1, 0.15) is 24.2 Å². The predicted octanol–water partition coefficient (Wildman–Crippen LogP) is 0.685. The van der Waals surface area contributed by atoms with E-state index in [4.69, 9.17) is 11.2 Å². The Balaban J connectivity index is 1.94. The fourth-order valence-corrected chi connectivity index (χ4v) is 3.90. The molecule has 1 saturated heterocycles. The molecule has 2 N–H and O–H groups in total. The number of nitrogens with zero attached hydrogens (tertiary/aromatic N) is 1. The molecule has 1 aromatic carbocycles. The molecule has 1 amide bonds. The molecule has 1 heterocycles. The summed E-state index contributed by atoms with van der Waals surface area (Å²) in [6, 6.07) is 5.85. The van der Waals surface area contributed by atoms with E-state index < -0.39 is 10.0 Å². The summed E-state index contributed by atoms with van der Waals surface area (Å²) in [4.78, 5) is 14.7. The van der Waals surface area contributed by atoms with Gasteiger partial charge in [0.25, 0.3) is 5.91 Å². The number of carbonyl (C=O) groups excluding carboxylic acids is 1. The summed E-state index contributed by atoms with van der Waals surface area (Å²) in [5, 5.41) is 2.83. The lowest BCUT2D eigenvalue weighted by atomic mass is 10.1. The van der Waals surface area contributed by atoms with E-state index >= 15 is 0 Å². The average molecular weight is 394 g/mol. The molecule has 0 radical (unpaired) electrons. The molecule has 8 heteroatoms. The van der Waals surface area contributed by atoms with Crippen LogP contribution >= 0.6 is 0 Å². The van der Waals surface area contributed by atoms with Crippen LogP contribution in [0.15, 0.2) is 29.2 Å². The van der Waals surface area contributed by atoms with Crippen LogP contribution in [-0.4, -0.2) is 64.7 Å². The van der Waals surface area contributed by atoms with Gasteiger partial charge < -0.3 is 10.1 Å². The van der Waals surface area contributed by atoms with Crippen LogP contribution in [0, 0.1) is 18.3 Å². The maximum Gasteiger partial charge on any atom is 0.251 e. The van der Waals surface area contributed by atoms with Crippen molar-refractivity contribution < 1.29 is 17.9 Å². The van der Waals surface area contributed by atoms with Crippen molar-refractivity contribution in [2.75, 3.05) is 39.3 Å². The average Bonchev–Trinajstić information content (AvgIpc) is 2.64. The van der Waals surface area contributed by atoms with Gasteiger partial charge in [0.1, 0.15) is 0 Å². The number of hydrogen-bond donors (Lipinski definition) is 2. The number of nitrogens with one attached hydrogen (secondary N) is 2. The maximum absolute atomic E-state index is 12.4. The van der Waals surface area contributed by atoms with Crippen LogP contribution in [-0.2, 0) is 14.8 Å². The topological polar surface area (TPSA) is 87.7 Å². The summed E-state index contributed by atoms with van der Waals surface area (Å²) in [5.41, 5.74) is 0.272. The summed E-state index contributed by atoms with van der Waals surface area (Å²) < 4.78 is 32.3. The SMILES string of the molecule is C#CCNS(=O)(=O)c1cccc(C(=O)NCC2CN(CC(C)C)CCO2)c1. The number of amides is 1. The smallest absolute Gasteiger partial charge is 0.251 e. The number of sulfonamides is 1. The molecule has 0 spiro atoms. The van der Waals surface area contributed by atoms with Crippen molar-refractivity contribution >= 4 is 15.9 Å². The molecule has 0 bridgehead atoms. The quantitative estimate of drug-likeness (QED) is 0.635. The zero-order valence-corrected chi connectivity index (χ0v) is 16.6. The van der Waals surface area contributed by atoms with Crippen molar-refractivity contribution in [3.63, 3.8) is 0 Å². The number of rotatable bonds is 8.